The first kappa shape index (κ1) is 21.2. The summed E-state index contributed by atoms with van der Waals surface area (Å²) in [6, 6.07) is 11.5. The van der Waals surface area contributed by atoms with Crippen molar-refractivity contribution in [3.63, 3.8) is 0 Å². The molecule has 0 unspecified atom stereocenters. The average molecular weight is 460 g/mol. The Morgan fingerprint density at radius 1 is 1.09 bits per heavy atom. The summed E-state index contributed by atoms with van der Waals surface area (Å²) < 4.78 is 1.61. The van der Waals surface area contributed by atoms with Gasteiger partial charge in [0.15, 0.2) is 0 Å². The van der Waals surface area contributed by atoms with E-state index in [1.54, 1.807) is 10.9 Å². The van der Waals surface area contributed by atoms with Gasteiger partial charge in [-0.1, -0.05) is 41.6 Å². The van der Waals surface area contributed by atoms with Gasteiger partial charge in [0, 0.05) is 36.3 Å². The summed E-state index contributed by atoms with van der Waals surface area (Å²) in [6.07, 6.45) is 5.05. The number of amides is 2. The number of hydrogen-bond donors (Lipinski definition) is 1. The standard InChI is InChI=1S/C25H22ClN5O2/c1-16-11-18(8-7-17-5-3-2-4-6-17)12-27-23(16)29-24(32)22-21(26)13-28-31(22)20-14-30(15-20)25(33)19-9-10-19/h2-6,11-13,19-20H,9-10,14-15H2,1H3,(H,27,29,32). The maximum Gasteiger partial charge on any atom is 0.276 e. The number of hydrogen-bond acceptors (Lipinski definition) is 4. The molecule has 2 aromatic heterocycles. The number of anilines is 1. The lowest BCUT2D eigenvalue weighted by molar-refractivity contribution is -0.138. The zero-order valence-electron chi connectivity index (χ0n) is 18.1. The smallest absolute Gasteiger partial charge is 0.276 e. The molecular formula is C25H22ClN5O2. The van der Waals surface area contributed by atoms with Gasteiger partial charge in [-0.25, -0.2) is 4.98 Å². The fraction of sp³-hybridized carbons (Fsp3) is 0.280. The number of carbonyl (C=O) groups is 2. The number of halogens is 1. The van der Waals surface area contributed by atoms with E-state index in [4.69, 9.17) is 11.6 Å². The Hall–Kier alpha value is -3.63. The van der Waals surface area contributed by atoms with Crippen LogP contribution in [0.25, 0.3) is 0 Å². The van der Waals surface area contributed by atoms with Crippen molar-refractivity contribution in [2.24, 2.45) is 5.92 Å². The molecule has 3 aromatic rings. The van der Waals surface area contributed by atoms with E-state index in [1.165, 1.54) is 6.20 Å². The predicted octanol–water partition coefficient (Wildman–Crippen LogP) is 3.69. The quantitative estimate of drug-likeness (QED) is 0.603. The number of carbonyl (C=O) groups excluding carboxylic acids is 2. The first-order valence-corrected chi connectivity index (χ1v) is 11.2. The summed E-state index contributed by atoms with van der Waals surface area (Å²) >= 11 is 6.29. The van der Waals surface area contributed by atoms with Crippen LogP contribution in [0.3, 0.4) is 0 Å². The first-order valence-electron chi connectivity index (χ1n) is 10.9. The molecule has 1 aliphatic carbocycles. The van der Waals surface area contributed by atoms with Gasteiger partial charge in [0.1, 0.15) is 11.5 Å². The van der Waals surface area contributed by atoms with Crippen LogP contribution < -0.4 is 5.32 Å². The number of likely N-dealkylation sites (tertiary alicyclic amines) is 1. The third kappa shape index (κ3) is 4.48. The van der Waals surface area contributed by atoms with E-state index in [2.05, 4.69) is 27.2 Å². The maximum absolute atomic E-state index is 13.0. The van der Waals surface area contributed by atoms with Crippen molar-refractivity contribution < 1.29 is 9.59 Å². The van der Waals surface area contributed by atoms with Gasteiger partial charge >= 0.3 is 0 Å². The molecule has 0 bridgehead atoms. The van der Waals surface area contributed by atoms with E-state index in [9.17, 15) is 9.59 Å². The highest BCUT2D eigenvalue weighted by atomic mass is 35.5. The lowest BCUT2D eigenvalue weighted by Crippen LogP contribution is -2.52. The van der Waals surface area contributed by atoms with E-state index >= 15 is 0 Å². The molecule has 33 heavy (non-hydrogen) atoms. The molecule has 1 aliphatic heterocycles. The fourth-order valence-electron chi connectivity index (χ4n) is 3.82. The first-order chi connectivity index (χ1) is 16.0. The predicted molar refractivity (Wildman–Crippen MR) is 125 cm³/mol. The molecular weight excluding hydrogens is 438 g/mol. The largest absolute Gasteiger partial charge is 0.338 e. The normalized spacial score (nSPS) is 15.4. The zero-order valence-corrected chi connectivity index (χ0v) is 18.8. The molecule has 2 fully saturated rings. The molecule has 0 radical (unpaired) electrons. The third-order valence-electron chi connectivity index (χ3n) is 5.85. The molecule has 7 nitrogen and oxygen atoms in total. The summed E-state index contributed by atoms with van der Waals surface area (Å²) in [6.45, 7) is 2.95. The monoisotopic (exact) mass is 459 g/mol. The molecule has 1 saturated carbocycles. The van der Waals surface area contributed by atoms with Gasteiger partial charge in [-0.05, 0) is 43.5 Å². The molecule has 166 valence electrons. The van der Waals surface area contributed by atoms with Gasteiger partial charge in [0.2, 0.25) is 5.91 Å². The second-order valence-electron chi connectivity index (χ2n) is 8.42. The highest BCUT2D eigenvalue weighted by Crippen LogP contribution is 2.35. The van der Waals surface area contributed by atoms with Crippen molar-refractivity contribution in [2.45, 2.75) is 25.8 Å². The van der Waals surface area contributed by atoms with Crippen LogP contribution in [0, 0.1) is 24.7 Å². The number of aromatic nitrogens is 3. The van der Waals surface area contributed by atoms with Gasteiger partial charge in [-0.15, -0.1) is 0 Å². The second-order valence-corrected chi connectivity index (χ2v) is 8.82. The average Bonchev–Trinajstić information content (AvgIpc) is 3.56. The number of rotatable bonds is 4. The highest BCUT2D eigenvalue weighted by Gasteiger charge is 2.41. The molecule has 1 N–H and O–H groups in total. The number of aryl methyl sites for hydroxylation is 1. The highest BCUT2D eigenvalue weighted by molar-refractivity contribution is 6.34. The van der Waals surface area contributed by atoms with Crippen molar-refractivity contribution >= 4 is 29.2 Å². The Kier molecular flexibility index (Phi) is 5.61. The van der Waals surface area contributed by atoms with Crippen LogP contribution in [0.5, 0.6) is 0 Å². The van der Waals surface area contributed by atoms with E-state index in [1.807, 2.05) is 48.2 Å². The number of pyridine rings is 1. The van der Waals surface area contributed by atoms with Crippen molar-refractivity contribution in [3.05, 3.63) is 76.2 Å². The molecule has 1 aromatic carbocycles. The number of nitrogens with one attached hydrogen (secondary N) is 1. The van der Waals surface area contributed by atoms with E-state index in [0.717, 1.165) is 29.5 Å². The topological polar surface area (TPSA) is 80.1 Å². The van der Waals surface area contributed by atoms with Crippen LogP contribution in [-0.2, 0) is 4.79 Å². The molecule has 2 amide bonds. The van der Waals surface area contributed by atoms with Crippen LogP contribution in [0.2, 0.25) is 5.02 Å². The van der Waals surface area contributed by atoms with Crippen LogP contribution >= 0.6 is 11.6 Å². The van der Waals surface area contributed by atoms with Crippen molar-refractivity contribution in [1.29, 1.82) is 0 Å². The van der Waals surface area contributed by atoms with Crippen LogP contribution in [-0.4, -0.2) is 44.6 Å². The molecule has 1 saturated heterocycles. The minimum Gasteiger partial charge on any atom is -0.338 e. The van der Waals surface area contributed by atoms with E-state index < -0.39 is 0 Å². The fourth-order valence-corrected chi connectivity index (χ4v) is 4.03. The Morgan fingerprint density at radius 2 is 1.82 bits per heavy atom. The summed E-state index contributed by atoms with van der Waals surface area (Å²) in [4.78, 5) is 31.4. The SMILES string of the molecule is Cc1cc(C#Cc2ccccc2)cnc1NC(=O)c1c(Cl)cnn1C1CN(C(=O)C2CC2)C1. The van der Waals surface area contributed by atoms with Gasteiger partial charge in [-0.3, -0.25) is 14.3 Å². The Labute approximate surface area is 196 Å². The third-order valence-corrected chi connectivity index (χ3v) is 6.12. The van der Waals surface area contributed by atoms with E-state index in [0.29, 0.717) is 18.9 Å². The zero-order chi connectivity index (χ0) is 22.9. The summed E-state index contributed by atoms with van der Waals surface area (Å²) in [5.41, 5.74) is 2.74. The Morgan fingerprint density at radius 3 is 2.52 bits per heavy atom. The minimum absolute atomic E-state index is 0.0642. The summed E-state index contributed by atoms with van der Waals surface area (Å²) in [5.74, 6) is 6.63. The molecule has 3 heterocycles. The van der Waals surface area contributed by atoms with Gasteiger partial charge in [-0.2, -0.15) is 5.10 Å². The molecule has 8 heteroatoms. The Bertz CT molecular complexity index is 1280. The van der Waals surface area contributed by atoms with Gasteiger partial charge in [0.05, 0.1) is 17.3 Å². The molecule has 5 rings (SSSR count). The lowest BCUT2D eigenvalue weighted by Gasteiger charge is -2.39. The van der Waals surface area contributed by atoms with E-state index in [-0.39, 0.29) is 34.5 Å². The van der Waals surface area contributed by atoms with Gasteiger partial charge < -0.3 is 10.2 Å². The van der Waals surface area contributed by atoms with Crippen molar-refractivity contribution in [3.8, 4) is 11.8 Å². The maximum atomic E-state index is 13.0. The lowest BCUT2D eigenvalue weighted by atomic mass is 10.1. The van der Waals surface area contributed by atoms with Crippen LogP contribution in [0.4, 0.5) is 5.82 Å². The number of benzene rings is 1. The molecule has 0 atom stereocenters. The van der Waals surface area contributed by atoms with Crippen molar-refractivity contribution in [2.75, 3.05) is 18.4 Å². The van der Waals surface area contributed by atoms with Crippen molar-refractivity contribution in [1.82, 2.24) is 19.7 Å². The van der Waals surface area contributed by atoms with Crippen LogP contribution in [0.1, 0.15) is 46.1 Å². The number of nitrogens with zero attached hydrogens (tertiary/aromatic N) is 4. The molecule has 2 aliphatic rings. The summed E-state index contributed by atoms with van der Waals surface area (Å²) in [5, 5.41) is 7.39. The Balaban J connectivity index is 1.28. The second kappa shape index (κ2) is 8.72. The van der Waals surface area contributed by atoms with Gasteiger partial charge in [0.25, 0.3) is 5.91 Å². The molecule has 0 spiro atoms. The van der Waals surface area contributed by atoms with Crippen LogP contribution in [0.15, 0.2) is 48.8 Å². The summed E-state index contributed by atoms with van der Waals surface area (Å²) in [7, 11) is 0. The minimum atomic E-state index is -0.386.